The van der Waals surface area contributed by atoms with E-state index in [1.54, 1.807) is 0 Å². The highest BCUT2D eigenvalue weighted by atomic mass is 13.9. The fraction of sp³-hybridized carbons (Fsp3) is 0.625. The van der Waals surface area contributed by atoms with E-state index in [1.165, 1.54) is 19.3 Å². The summed E-state index contributed by atoms with van der Waals surface area (Å²) in [5, 5.41) is 0. The van der Waals surface area contributed by atoms with Crippen LogP contribution in [0.1, 0.15) is 32.1 Å². The van der Waals surface area contributed by atoms with Crippen LogP contribution in [0.25, 0.3) is 0 Å². The molecule has 0 unspecified atom stereocenters. The normalized spacial score (nSPS) is 20.0. The summed E-state index contributed by atoms with van der Waals surface area (Å²) in [7, 11) is 0. The molecule has 0 atom stereocenters. The van der Waals surface area contributed by atoms with Gasteiger partial charge in [0.1, 0.15) is 0 Å². The number of hydrogen-bond donors (Lipinski definition) is 0. The van der Waals surface area contributed by atoms with Crippen LogP contribution in [0.4, 0.5) is 0 Å². The Morgan fingerprint density at radius 1 is 1.00 bits per heavy atom. The van der Waals surface area contributed by atoms with Crippen molar-refractivity contribution in [2.45, 2.75) is 32.1 Å². The van der Waals surface area contributed by atoms with E-state index in [2.05, 4.69) is 18.3 Å². The zero-order valence-electron chi connectivity index (χ0n) is 5.11. The first-order valence-corrected chi connectivity index (χ1v) is 3.27. The summed E-state index contributed by atoms with van der Waals surface area (Å²) in [6, 6.07) is 0. The third-order valence-corrected chi connectivity index (χ3v) is 1.31. The lowest BCUT2D eigenvalue weighted by atomic mass is 10.1. The van der Waals surface area contributed by atoms with E-state index >= 15 is 0 Å². The van der Waals surface area contributed by atoms with Crippen molar-refractivity contribution in [1.82, 2.24) is 0 Å². The van der Waals surface area contributed by atoms with Gasteiger partial charge in [-0.3, -0.25) is 0 Å². The maximum Gasteiger partial charge on any atom is 0.00914 e. The van der Waals surface area contributed by atoms with Crippen LogP contribution in [0.2, 0.25) is 0 Å². The van der Waals surface area contributed by atoms with Crippen molar-refractivity contribution < 1.29 is 0 Å². The summed E-state index contributed by atoms with van der Waals surface area (Å²) >= 11 is 0. The largest absolute Gasteiger partial charge is 0.103 e. The van der Waals surface area contributed by atoms with Crippen molar-refractivity contribution >= 4 is 0 Å². The zero-order valence-corrected chi connectivity index (χ0v) is 5.11. The molecule has 0 aromatic carbocycles. The van der Waals surface area contributed by atoms with Crippen molar-refractivity contribution in [2.24, 2.45) is 0 Å². The standard InChI is InChI=1S/C8H11/c1-2-4-6-8-7-5-3-1/h1H,2-6H2. The predicted molar refractivity (Wildman–Crippen MR) is 35.2 cm³/mol. The van der Waals surface area contributed by atoms with E-state index in [4.69, 9.17) is 0 Å². The molecule has 0 amide bonds. The first-order valence-electron chi connectivity index (χ1n) is 3.27. The second kappa shape index (κ2) is 3.55. The molecule has 0 saturated heterocycles. The minimum Gasteiger partial charge on any atom is -0.103 e. The first-order chi connectivity index (χ1) is 4.00. The van der Waals surface area contributed by atoms with Gasteiger partial charge in [0.2, 0.25) is 0 Å². The van der Waals surface area contributed by atoms with Gasteiger partial charge in [0, 0.05) is 12.8 Å². The van der Waals surface area contributed by atoms with Crippen LogP contribution in [-0.2, 0) is 0 Å². The summed E-state index contributed by atoms with van der Waals surface area (Å²) in [6.45, 7) is 0. The molecule has 0 saturated carbocycles. The molecule has 0 aliphatic heterocycles. The van der Waals surface area contributed by atoms with Gasteiger partial charge in [-0.05, 0) is 25.7 Å². The Hall–Kier alpha value is -0.440. The lowest BCUT2D eigenvalue weighted by Gasteiger charge is -1.96. The minimum atomic E-state index is 1.08. The Balaban J connectivity index is 2.24. The molecule has 0 N–H and O–H groups in total. The maximum absolute atomic E-state index is 3.12. The molecule has 1 aliphatic carbocycles. The van der Waals surface area contributed by atoms with E-state index in [0.717, 1.165) is 12.8 Å². The van der Waals surface area contributed by atoms with Crippen molar-refractivity contribution in [1.29, 1.82) is 0 Å². The Morgan fingerprint density at radius 2 is 1.88 bits per heavy atom. The molecule has 0 aromatic rings. The van der Waals surface area contributed by atoms with Gasteiger partial charge in [0.05, 0.1) is 0 Å². The Morgan fingerprint density at radius 3 is 2.88 bits per heavy atom. The van der Waals surface area contributed by atoms with Crippen molar-refractivity contribution in [3.8, 4) is 11.8 Å². The van der Waals surface area contributed by atoms with Crippen LogP contribution < -0.4 is 0 Å². The highest BCUT2D eigenvalue weighted by Crippen LogP contribution is 2.05. The summed E-state index contributed by atoms with van der Waals surface area (Å²) < 4.78 is 0. The van der Waals surface area contributed by atoms with Gasteiger partial charge in [0.15, 0.2) is 0 Å². The summed E-state index contributed by atoms with van der Waals surface area (Å²) in [5.74, 6) is 6.22. The Bertz CT molecular complexity index is 90.9. The van der Waals surface area contributed by atoms with Gasteiger partial charge < -0.3 is 0 Å². The fourth-order valence-corrected chi connectivity index (χ4v) is 0.830. The topological polar surface area (TPSA) is 0 Å². The molecular formula is C8H11. The smallest absolute Gasteiger partial charge is 0.00914 e. The van der Waals surface area contributed by atoms with Gasteiger partial charge in [0.25, 0.3) is 0 Å². The molecule has 1 aliphatic rings. The second-order valence-electron chi connectivity index (χ2n) is 2.07. The van der Waals surface area contributed by atoms with E-state index in [0.29, 0.717) is 0 Å². The van der Waals surface area contributed by atoms with Crippen LogP contribution in [0.5, 0.6) is 0 Å². The summed E-state index contributed by atoms with van der Waals surface area (Å²) in [5.41, 5.74) is 0. The maximum atomic E-state index is 3.12. The molecule has 43 valence electrons. The van der Waals surface area contributed by atoms with Gasteiger partial charge in [-0.15, -0.1) is 11.8 Å². The molecule has 0 aromatic heterocycles. The monoisotopic (exact) mass is 107 g/mol. The Labute approximate surface area is 51.3 Å². The van der Waals surface area contributed by atoms with E-state index in [9.17, 15) is 0 Å². The summed E-state index contributed by atoms with van der Waals surface area (Å²) in [4.78, 5) is 0. The van der Waals surface area contributed by atoms with Gasteiger partial charge in [-0.2, -0.15) is 0 Å². The molecule has 1 rings (SSSR count). The molecule has 0 nitrogen and oxygen atoms in total. The van der Waals surface area contributed by atoms with Crippen LogP contribution in [0.3, 0.4) is 0 Å². The fourth-order valence-electron chi connectivity index (χ4n) is 0.830. The molecule has 0 fully saturated rings. The predicted octanol–water partition coefficient (Wildman–Crippen LogP) is 2.16. The van der Waals surface area contributed by atoms with E-state index < -0.39 is 0 Å². The minimum absolute atomic E-state index is 1.08. The average Bonchev–Trinajstić information content (AvgIpc) is 1.62. The average molecular weight is 107 g/mol. The number of hydrogen-bond acceptors (Lipinski definition) is 0. The molecule has 0 bridgehead atoms. The molecule has 0 spiro atoms. The van der Waals surface area contributed by atoms with Crippen molar-refractivity contribution in [3.05, 3.63) is 6.42 Å². The molecule has 1 radical (unpaired) electrons. The molecule has 0 heterocycles. The SMILES string of the molecule is C1#CCCC[CH]CC1. The zero-order chi connectivity index (χ0) is 5.66. The quantitative estimate of drug-likeness (QED) is 0.416. The van der Waals surface area contributed by atoms with Crippen LogP contribution >= 0.6 is 0 Å². The van der Waals surface area contributed by atoms with Crippen molar-refractivity contribution in [2.75, 3.05) is 0 Å². The summed E-state index contributed by atoms with van der Waals surface area (Å²) in [6.07, 6.45) is 8.28. The van der Waals surface area contributed by atoms with Crippen molar-refractivity contribution in [3.63, 3.8) is 0 Å². The highest BCUT2D eigenvalue weighted by molar-refractivity contribution is 5.01. The van der Waals surface area contributed by atoms with E-state index in [1.807, 2.05) is 0 Å². The molecule has 8 heavy (non-hydrogen) atoms. The number of rotatable bonds is 0. The van der Waals surface area contributed by atoms with E-state index in [-0.39, 0.29) is 0 Å². The first kappa shape index (κ1) is 5.69. The lowest BCUT2D eigenvalue weighted by Crippen LogP contribution is -1.81. The van der Waals surface area contributed by atoms with Gasteiger partial charge in [-0.1, -0.05) is 0 Å². The van der Waals surface area contributed by atoms with Gasteiger partial charge in [-0.25, -0.2) is 0 Å². The van der Waals surface area contributed by atoms with Crippen LogP contribution in [0.15, 0.2) is 0 Å². The molecular weight excluding hydrogens is 96.1 g/mol. The Kier molecular flexibility index (Phi) is 2.52. The third-order valence-electron chi connectivity index (χ3n) is 1.31. The molecule has 0 heteroatoms. The van der Waals surface area contributed by atoms with Crippen LogP contribution in [-0.4, -0.2) is 0 Å². The van der Waals surface area contributed by atoms with Gasteiger partial charge >= 0.3 is 0 Å². The second-order valence-corrected chi connectivity index (χ2v) is 2.07. The lowest BCUT2D eigenvalue weighted by molar-refractivity contribution is 0.780. The third kappa shape index (κ3) is 2.02. The highest BCUT2D eigenvalue weighted by Gasteiger charge is 1.89. The van der Waals surface area contributed by atoms with Crippen LogP contribution in [0, 0.1) is 18.3 Å².